The van der Waals surface area contributed by atoms with Crippen molar-refractivity contribution in [1.29, 1.82) is 0 Å². The zero-order valence-electron chi connectivity index (χ0n) is 22.9. The molecule has 1 fully saturated rings. The summed E-state index contributed by atoms with van der Waals surface area (Å²) in [6.45, 7) is 5.18. The number of carbonyl (C=O) groups excluding carboxylic acids is 2. The average molecular weight is 567 g/mol. The van der Waals surface area contributed by atoms with E-state index >= 15 is 0 Å². The second-order valence-electron chi connectivity index (χ2n) is 10.5. The molecule has 0 atom stereocenters. The van der Waals surface area contributed by atoms with Crippen molar-refractivity contribution < 1.29 is 19.6 Å². The number of nitro groups is 1. The van der Waals surface area contributed by atoms with Gasteiger partial charge in [-0.2, -0.15) is 5.10 Å². The number of nitrogens with zero attached hydrogens (tertiary/aromatic N) is 5. The number of carbonyl (C=O) groups is 2. The molecule has 214 valence electrons. The summed E-state index contributed by atoms with van der Waals surface area (Å²) < 4.78 is 0. The zero-order chi connectivity index (χ0) is 29.2. The quantitative estimate of drug-likeness (QED) is 0.177. The number of rotatable bonds is 9. The number of fused-ring (bicyclic) bond motifs is 2. The van der Waals surface area contributed by atoms with Crippen molar-refractivity contribution in [3.63, 3.8) is 0 Å². The predicted molar refractivity (Wildman–Crippen MR) is 159 cm³/mol. The van der Waals surface area contributed by atoms with Gasteiger partial charge in [0, 0.05) is 57.3 Å². The largest absolute Gasteiger partial charge is 0.396 e. The molecule has 6 rings (SSSR count). The van der Waals surface area contributed by atoms with Crippen molar-refractivity contribution in [2.45, 2.75) is 13.0 Å². The van der Waals surface area contributed by atoms with Crippen LogP contribution in [-0.2, 0) is 6.54 Å². The number of piperazine rings is 1. The first-order valence-corrected chi connectivity index (χ1v) is 13.9. The normalized spacial score (nSPS) is 16.2. The monoisotopic (exact) mass is 566 g/mol. The Morgan fingerprint density at radius 2 is 1.74 bits per heavy atom. The Hall–Kier alpha value is -4.71. The first-order chi connectivity index (χ1) is 20.4. The molecule has 0 aliphatic carbocycles. The van der Waals surface area contributed by atoms with E-state index in [-0.39, 0.29) is 23.4 Å². The summed E-state index contributed by atoms with van der Waals surface area (Å²) in [6, 6.07) is 17.5. The molecule has 42 heavy (non-hydrogen) atoms. The van der Waals surface area contributed by atoms with Gasteiger partial charge < -0.3 is 10.0 Å². The van der Waals surface area contributed by atoms with Crippen LogP contribution in [0.25, 0.3) is 23.1 Å². The minimum atomic E-state index is -0.711. The lowest BCUT2D eigenvalue weighted by Crippen LogP contribution is -2.46. The third-order valence-electron chi connectivity index (χ3n) is 7.85. The van der Waals surface area contributed by atoms with Gasteiger partial charge in [-0.05, 0) is 41.8 Å². The number of benzene rings is 3. The Labute approximate surface area is 241 Å². The molecule has 11 nitrogen and oxygen atoms in total. The fourth-order valence-electron chi connectivity index (χ4n) is 5.66. The van der Waals surface area contributed by atoms with E-state index in [4.69, 9.17) is 5.11 Å². The van der Waals surface area contributed by atoms with E-state index in [2.05, 4.69) is 20.0 Å². The van der Waals surface area contributed by atoms with Crippen LogP contribution in [0.3, 0.4) is 0 Å². The van der Waals surface area contributed by atoms with E-state index in [1.807, 2.05) is 48.5 Å². The molecule has 2 N–H and O–H groups in total. The third-order valence-corrected chi connectivity index (χ3v) is 7.85. The van der Waals surface area contributed by atoms with Gasteiger partial charge in [-0.3, -0.25) is 29.7 Å². The molecule has 0 unspecified atom stereocenters. The van der Waals surface area contributed by atoms with Crippen LogP contribution in [0, 0.1) is 10.1 Å². The lowest BCUT2D eigenvalue weighted by molar-refractivity contribution is -0.385. The number of aromatic nitrogens is 2. The van der Waals surface area contributed by atoms with Crippen molar-refractivity contribution in [3.05, 3.63) is 98.7 Å². The Morgan fingerprint density at radius 1 is 0.952 bits per heavy atom. The van der Waals surface area contributed by atoms with Gasteiger partial charge in [-0.1, -0.05) is 42.5 Å². The number of imide groups is 1. The number of hydrogen-bond donors (Lipinski definition) is 2. The number of anilines is 1. The van der Waals surface area contributed by atoms with Gasteiger partial charge in [-0.15, -0.1) is 0 Å². The fraction of sp³-hybridized carbons (Fsp3) is 0.258. The minimum Gasteiger partial charge on any atom is -0.396 e. The van der Waals surface area contributed by atoms with Crippen molar-refractivity contribution in [2.24, 2.45) is 0 Å². The van der Waals surface area contributed by atoms with E-state index < -0.39 is 16.7 Å². The molecule has 0 spiro atoms. The molecule has 1 aromatic heterocycles. The number of nitro benzene ring substituents is 1. The molecule has 4 aromatic rings. The number of aromatic amines is 1. The van der Waals surface area contributed by atoms with Crippen molar-refractivity contribution in [2.75, 3.05) is 44.2 Å². The second-order valence-corrected chi connectivity index (χ2v) is 10.5. The molecule has 3 heterocycles. The molecule has 2 aliphatic rings. The molecule has 2 aliphatic heterocycles. The lowest BCUT2D eigenvalue weighted by Gasteiger charge is -2.34. The highest BCUT2D eigenvalue weighted by atomic mass is 16.6. The summed E-state index contributed by atoms with van der Waals surface area (Å²) in [5.41, 5.74) is 2.93. The summed E-state index contributed by atoms with van der Waals surface area (Å²) >= 11 is 0. The van der Waals surface area contributed by atoms with Gasteiger partial charge in [0.1, 0.15) is 5.56 Å². The van der Waals surface area contributed by atoms with Gasteiger partial charge in [0.2, 0.25) is 0 Å². The SMILES string of the molecule is O=C1c2cccc([N+](=O)[O-])c2C(=O)N1c1cc(CN2CCN(CCCO)CC2)ccc1C=Cc1n[nH]c2ccccc12. The fourth-order valence-corrected chi connectivity index (χ4v) is 5.66. The van der Waals surface area contributed by atoms with Crippen LogP contribution in [0.4, 0.5) is 11.4 Å². The predicted octanol–water partition coefficient (Wildman–Crippen LogP) is 3.94. The summed E-state index contributed by atoms with van der Waals surface area (Å²) in [4.78, 5) is 44.0. The molecule has 1 saturated heterocycles. The topological polar surface area (TPSA) is 136 Å². The molecule has 0 bridgehead atoms. The standard InChI is InChI=1S/C31H30N6O5/c38-18-4-13-34-14-16-35(17-15-34)20-21-9-10-22(11-12-26-23-5-1-2-7-25(23)32-33-26)28(19-21)36-30(39)24-6-3-8-27(37(41)42)29(24)31(36)40/h1-3,5-12,19,38H,4,13-18,20H2,(H,32,33). The number of aliphatic hydroxyl groups is 1. The molecule has 11 heteroatoms. The van der Waals surface area contributed by atoms with Crippen molar-refractivity contribution in [1.82, 2.24) is 20.0 Å². The molecule has 2 amide bonds. The van der Waals surface area contributed by atoms with Gasteiger partial charge in [0.05, 0.1) is 27.4 Å². The minimum absolute atomic E-state index is 0.0202. The van der Waals surface area contributed by atoms with Crippen LogP contribution >= 0.6 is 0 Å². The summed E-state index contributed by atoms with van der Waals surface area (Å²) in [7, 11) is 0. The highest BCUT2D eigenvalue weighted by Crippen LogP contribution is 2.36. The second kappa shape index (κ2) is 11.6. The molecular weight excluding hydrogens is 536 g/mol. The van der Waals surface area contributed by atoms with Gasteiger partial charge in [-0.25, -0.2) is 4.90 Å². The molecule has 3 aromatic carbocycles. The zero-order valence-corrected chi connectivity index (χ0v) is 22.9. The maximum Gasteiger partial charge on any atom is 0.283 e. The number of hydrogen-bond acceptors (Lipinski definition) is 8. The summed E-state index contributed by atoms with van der Waals surface area (Å²) in [5.74, 6) is -1.30. The van der Waals surface area contributed by atoms with Crippen LogP contribution in [0.2, 0.25) is 0 Å². The van der Waals surface area contributed by atoms with Crippen LogP contribution in [0.5, 0.6) is 0 Å². The number of para-hydroxylation sites is 1. The molecule has 0 radical (unpaired) electrons. The Kier molecular flexibility index (Phi) is 7.62. The first-order valence-electron chi connectivity index (χ1n) is 13.9. The Balaban J connectivity index is 1.34. The molecule has 0 saturated carbocycles. The maximum atomic E-state index is 13.6. The lowest BCUT2D eigenvalue weighted by atomic mass is 10.1. The van der Waals surface area contributed by atoms with E-state index in [0.717, 1.165) is 60.5 Å². The smallest absolute Gasteiger partial charge is 0.283 e. The van der Waals surface area contributed by atoms with E-state index in [1.54, 1.807) is 6.08 Å². The number of nitrogens with one attached hydrogen (secondary N) is 1. The highest BCUT2D eigenvalue weighted by Gasteiger charge is 2.42. The average Bonchev–Trinajstić information content (AvgIpc) is 3.53. The number of aliphatic hydroxyl groups excluding tert-OH is 1. The first kappa shape index (κ1) is 27.5. The van der Waals surface area contributed by atoms with Gasteiger partial charge in [0.25, 0.3) is 17.5 Å². The third kappa shape index (κ3) is 5.20. The van der Waals surface area contributed by atoms with Crippen LogP contribution in [-0.4, -0.2) is 81.2 Å². The van der Waals surface area contributed by atoms with E-state index in [0.29, 0.717) is 23.5 Å². The maximum absolute atomic E-state index is 13.6. The highest BCUT2D eigenvalue weighted by molar-refractivity contribution is 6.36. The summed E-state index contributed by atoms with van der Waals surface area (Å²) in [6.07, 6.45) is 4.38. The van der Waals surface area contributed by atoms with Crippen LogP contribution in [0.15, 0.2) is 60.7 Å². The van der Waals surface area contributed by atoms with Gasteiger partial charge in [0.15, 0.2) is 0 Å². The van der Waals surface area contributed by atoms with Crippen molar-refractivity contribution in [3.8, 4) is 0 Å². The van der Waals surface area contributed by atoms with Crippen LogP contribution in [0.1, 0.15) is 44.0 Å². The Bertz CT molecular complexity index is 1710. The molecular formula is C31H30N6O5. The Morgan fingerprint density at radius 3 is 2.52 bits per heavy atom. The van der Waals surface area contributed by atoms with Gasteiger partial charge >= 0.3 is 0 Å². The number of amides is 2. The summed E-state index contributed by atoms with van der Waals surface area (Å²) in [5, 5.41) is 29.2. The van der Waals surface area contributed by atoms with E-state index in [9.17, 15) is 19.7 Å². The number of H-pyrrole nitrogens is 1. The van der Waals surface area contributed by atoms with E-state index in [1.165, 1.54) is 18.2 Å². The van der Waals surface area contributed by atoms with Crippen LogP contribution < -0.4 is 4.90 Å². The van der Waals surface area contributed by atoms with Crippen molar-refractivity contribution >= 4 is 46.2 Å².